The van der Waals surface area contributed by atoms with E-state index in [1.807, 2.05) is 12.1 Å². The molecule has 20 heavy (non-hydrogen) atoms. The second-order valence-corrected chi connectivity index (χ2v) is 8.26. The highest BCUT2D eigenvalue weighted by molar-refractivity contribution is 14.1. The van der Waals surface area contributed by atoms with Gasteiger partial charge in [0.15, 0.2) is 0 Å². The third-order valence-corrected chi connectivity index (χ3v) is 6.99. The minimum absolute atomic E-state index is 0.671. The van der Waals surface area contributed by atoms with Crippen LogP contribution in [0.2, 0.25) is 0 Å². The highest BCUT2D eigenvalue weighted by atomic mass is 127. The molecule has 0 amide bonds. The maximum atomic E-state index is 6.14. The Morgan fingerprint density at radius 2 is 1.30 bits per heavy atom. The van der Waals surface area contributed by atoms with E-state index in [1.54, 1.807) is 0 Å². The smallest absolute Gasteiger partial charge is 0.370 e. The first-order chi connectivity index (χ1) is 9.70. The van der Waals surface area contributed by atoms with Crippen molar-refractivity contribution in [1.82, 2.24) is 0 Å². The topological polar surface area (TPSA) is 27.7 Å². The zero-order chi connectivity index (χ0) is 14.8. The third-order valence-electron chi connectivity index (χ3n) is 2.69. The molecule has 5 heteroatoms. The van der Waals surface area contributed by atoms with Gasteiger partial charge in [-0.25, -0.2) is 0 Å². The monoisotopic (exact) mass is 408 g/mol. The molecular weight excluding hydrogens is 383 g/mol. The molecule has 0 aromatic heterocycles. The number of hydrogen-bond acceptors (Lipinski definition) is 3. The van der Waals surface area contributed by atoms with Gasteiger partial charge in [-0.15, -0.1) is 0 Å². The van der Waals surface area contributed by atoms with Gasteiger partial charge in [0.1, 0.15) is 0 Å². The van der Waals surface area contributed by atoms with Crippen molar-refractivity contribution in [2.24, 2.45) is 0 Å². The molecule has 0 radical (unpaired) electrons. The summed E-state index contributed by atoms with van der Waals surface area (Å²) < 4.78 is 19.6. The predicted octanol–water partition coefficient (Wildman–Crippen LogP) is 3.72. The fourth-order valence-corrected chi connectivity index (χ4v) is 5.97. The predicted molar refractivity (Wildman–Crippen MR) is 93.3 cm³/mol. The summed E-state index contributed by atoms with van der Waals surface area (Å²) in [5.41, 5.74) is 0. The molecule has 114 valence electrons. The fraction of sp³-hybridized carbons (Fsp3) is 0.600. The zero-order valence-corrected chi connectivity index (χ0v) is 15.8. The summed E-state index contributed by atoms with van der Waals surface area (Å²) in [5.74, 6) is 0. The van der Waals surface area contributed by atoms with E-state index in [0.717, 1.165) is 28.0 Å². The quantitative estimate of drug-likeness (QED) is 0.436. The number of rotatable bonds is 10. The highest BCUT2D eigenvalue weighted by Gasteiger charge is 2.45. The maximum Gasteiger partial charge on any atom is 0.538 e. The van der Waals surface area contributed by atoms with Crippen LogP contribution in [0.1, 0.15) is 40.0 Å². The lowest BCUT2D eigenvalue weighted by Crippen LogP contribution is -2.58. The summed E-state index contributed by atoms with van der Waals surface area (Å²) >= 11 is 2.34. The van der Waals surface area contributed by atoms with Crippen LogP contribution in [0.15, 0.2) is 24.3 Å². The van der Waals surface area contributed by atoms with E-state index < -0.39 is 8.80 Å². The molecule has 3 nitrogen and oxygen atoms in total. The second kappa shape index (κ2) is 9.89. The van der Waals surface area contributed by atoms with Crippen LogP contribution < -0.4 is 5.19 Å². The van der Waals surface area contributed by atoms with Gasteiger partial charge in [-0.1, -0.05) is 39.0 Å². The Bertz CT molecular complexity index is 365. The lowest BCUT2D eigenvalue weighted by atomic mass is 10.4. The van der Waals surface area contributed by atoms with Crippen molar-refractivity contribution in [3.05, 3.63) is 27.8 Å². The Labute approximate surface area is 137 Å². The van der Waals surface area contributed by atoms with E-state index in [1.165, 1.54) is 0 Å². The van der Waals surface area contributed by atoms with Gasteiger partial charge in [-0.2, -0.15) is 0 Å². The molecule has 0 saturated carbocycles. The molecule has 0 fully saturated rings. The van der Waals surface area contributed by atoms with Crippen molar-refractivity contribution in [1.29, 1.82) is 0 Å². The molecule has 1 aromatic rings. The van der Waals surface area contributed by atoms with Gasteiger partial charge in [-0.3, -0.25) is 0 Å². The Kier molecular flexibility index (Phi) is 8.95. The lowest BCUT2D eigenvalue weighted by Gasteiger charge is -2.30. The van der Waals surface area contributed by atoms with Crippen molar-refractivity contribution in [3.8, 4) is 0 Å². The van der Waals surface area contributed by atoms with Crippen molar-refractivity contribution in [2.45, 2.75) is 40.0 Å². The maximum absolute atomic E-state index is 6.14. The third kappa shape index (κ3) is 5.11. The summed E-state index contributed by atoms with van der Waals surface area (Å²) in [6, 6.07) is 8.22. The van der Waals surface area contributed by atoms with Crippen molar-refractivity contribution < 1.29 is 13.3 Å². The molecule has 0 atom stereocenters. The van der Waals surface area contributed by atoms with Crippen LogP contribution in [0.4, 0.5) is 0 Å². The van der Waals surface area contributed by atoms with Crippen molar-refractivity contribution >= 4 is 36.6 Å². The Balaban J connectivity index is 3.08. The SMILES string of the molecule is CCCO[Si](OCCC)(OCCC)c1ccccc1I. The number of hydrogen-bond donors (Lipinski definition) is 0. The zero-order valence-electron chi connectivity index (χ0n) is 12.7. The minimum Gasteiger partial charge on any atom is -0.370 e. The van der Waals surface area contributed by atoms with Crippen LogP contribution in [0, 0.1) is 3.57 Å². The fourth-order valence-electron chi connectivity index (χ4n) is 1.78. The van der Waals surface area contributed by atoms with Gasteiger partial charge < -0.3 is 13.3 Å². The largest absolute Gasteiger partial charge is 0.538 e. The van der Waals surface area contributed by atoms with Crippen LogP contribution in [-0.4, -0.2) is 28.6 Å². The van der Waals surface area contributed by atoms with Gasteiger partial charge >= 0.3 is 8.80 Å². The van der Waals surface area contributed by atoms with E-state index in [9.17, 15) is 0 Å². The van der Waals surface area contributed by atoms with Gasteiger partial charge in [0, 0.05) is 28.6 Å². The molecular formula is C15H25IO3Si. The van der Waals surface area contributed by atoms with Crippen LogP contribution in [-0.2, 0) is 13.3 Å². The summed E-state index contributed by atoms with van der Waals surface area (Å²) in [5, 5.41) is 1.09. The lowest BCUT2D eigenvalue weighted by molar-refractivity contribution is 0.0730. The standard InChI is InChI=1S/C15H25IO3Si/c1-4-11-17-20(18-12-5-2,19-13-6-3)15-10-8-7-9-14(15)16/h7-10H,4-6,11-13H2,1-3H3. The molecule has 0 saturated heterocycles. The Hall–Kier alpha value is 0.0469. The minimum atomic E-state index is -2.79. The Morgan fingerprint density at radius 1 is 0.850 bits per heavy atom. The first-order valence-electron chi connectivity index (χ1n) is 7.37. The number of halogens is 1. The first kappa shape index (κ1) is 18.1. The van der Waals surface area contributed by atoms with Crippen LogP contribution in [0.3, 0.4) is 0 Å². The van der Waals surface area contributed by atoms with Crippen LogP contribution in [0.5, 0.6) is 0 Å². The molecule has 0 aliphatic rings. The van der Waals surface area contributed by atoms with E-state index in [0.29, 0.717) is 19.8 Å². The van der Waals surface area contributed by atoms with E-state index >= 15 is 0 Å². The molecule has 0 heterocycles. The molecule has 0 aliphatic heterocycles. The normalized spacial score (nSPS) is 11.8. The van der Waals surface area contributed by atoms with Gasteiger partial charge in [0.05, 0.1) is 0 Å². The second-order valence-electron chi connectivity index (χ2n) is 4.58. The summed E-state index contributed by atoms with van der Waals surface area (Å²) in [6.07, 6.45) is 2.88. The molecule has 0 unspecified atom stereocenters. The van der Waals surface area contributed by atoms with E-state index in [4.69, 9.17) is 13.3 Å². The van der Waals surface area contributed by atoms with E-state index in [2.05, 4.69) is 55.5 Å². The first-order valence-corrected chi connectivity index (χ1v) is 10.2. The van der Waals surface area contributed by atoms with Crippen LogP contribution >= 0.6 is 22.6 Å². The summed E-state index contributed by atoms with van der Waals surface area (Å²) in [4.78, 5) is 0. The molecule has 0 N–H and O–H groups in total. The molecule has 1 aromatic carbocycles. The van der Waals surface area contributed by atoms with E-state index in [-0.39, 0.29) is 0 Å². The highest BCUT2D eigenvalue weighted by Crippen LogP contribution is 2.16. The van der Waals surface area contributed by atoms with Crippen molar-refractivity contribution in [3.63, 3.8) is 0 Å². The van der Waals surface area contributed by atoms with Crippen molar-refractivity contribution in [2.75, 3.05) is 19.8 Å². The molecule has 1 rings (SSSR count). The molecule has 0 spiro atoms. The molecule has 0 bridgehead atoms. The Morgan fingerprint density at radius 3 is 1.70 bits per heavy atom. The van der Waals surface area contributed by atoms with Crippen LogP contribution in [0.25, 0.3) is 0 Å². The number of benzene rings is 1. The van der Waals surface area contributed by atoms with Gasteiger partial charge in [-0.05, 0) is 47.9 Å². The summed E-state index contributed by atoms with van der Waals surface area (Å²) in [6.45, 7) is 8.33. The van der Waals surface area contributed by atoms with Gasteiger partial charge in [0.2, 0.25) is 0 Å². The average Bonchev–Trinajstić information content (AvgIpc) is 2.48. The summed E-state index contributed by atoms with van der Waals surface area (Å²) in [7, 11) is -2.79. The van der Waals surface area contributed by atoms with Gasteiger partial charge in [0.25, 0.3) is 0 Å². The molecule has 0 aliphatic carbocycles. The average molecular weight is 408 g/mol.